The number of morpholine rings is 1. The van der Waals surface area contributed by atoms with Crippen molar-refractivity contribution in [1.82, 2.24) is 14.7 Å². The van der Waals surface area contributed by atoms with Gasteiger partial charge in [0.2, 0.25) is 11.8 Å². The van der Waals surface area contributed by atoms with Crippen LogP contribution in [0, 0.1) is 12.7 Å². The minimum absolute atomic E-state index is 0.0745. The molecule has 2 heterocycles. The van der Waals surface area contributed by atoms with Crippen LogP contribution in [0.3, 0.4) is 0 Å². The lowest BCUT2D eigenvalue weighted by atomic mass is 10.1. The third kappa shape index (κ3) is 4.75. The van der Waals surface area contributed by atoms with Crippen molar-refractivity contribution in [2.24, 2.45) is 0 Å². The van der Waals surface area contributed by atoms with Crippen LogP contribution in [0.5, 0.6) is 17.4 Å². The van der Waals surface area contributed by atoms with Crippen molar-refractivity contribution < 1.29 is 23.4 Å². The number of para-hydroxylation sites is 2. The predicted octanol–water partition coefficient (Wildman–Crippen LogP) is 3.91. The highest BCUT2D eigenvalue weighted by molar-refractivity contribution is 5.76. The number of methoxy groups -OCH3 is 1. The molecule has 2 aromatic carbocycles. The van der Waals surface area contributed by atoms with Gasteiger partial charge in [-0.05, 0) is 49.7 Å². The number of amides is 1. The molecule has 0 N–H and O–H groups in total. The van der Waals surface area contributed by atoms with Gasteiger partial charge in [0.05, 0.1) is 31.7 Å². The molecule has 8 heteroatoms. The molecule has 1 saturated heterocycles. The third-order valence-corrected chi connectivity index (χ3v) is 5.44. The second-order valence-corrected chi connectivity index (χ2v) is 7.50. The molecule has 4 rings (SSSR count). The summed E-state index contributed by atoms with van der Waals surface area (Å²) >= 11 is 0. The zero-order valence-corrected chi connectivity index (χ0v) is 18.2. The number of benzene rings is 2. The minimum Gasteiger partial charge on any atom is -0.493 e. The van der Waals surface area contributed by atoms with Gasteiger partial charge in [0.15, 0.2) is 11.5 Å². The first-order valence-electron chi connectivity index (χ1n) is 10.6. The summed E-state index contributed by atoms with van der Waals surface area (Å²) in [5.41, 5.74) is 2.22. The van der Waals surface area contributed by atoms with Gasteiger partial charge in [-0.15, -0.1) is 0 Å². The number of halogens is 1. The Hall–Kier alpha value is -3.39. The van der Waals surface area contributed by atoms with Crippen LogP contribution in [0.4, 0.5) is 4.39 Å². The van der Waals surface area contributed by atoms with Gasteiger partial charge in [0.25, 0.3) is 0 Å². The van der Waals surface area contributed by atoms with E-state index < -0.39 is 0 Å². The Labute approximate surface area is 186 Å². The molecule has 1 amide bonds. The summed E-state index contributed by atoms with van der Waals surface area (Å²) in [5.74, 6) is 1.33. The van der Waals surface area contributed by atoms with E-state index in [2.05, 4.69) is 5.10 Å². The molecule has 1 fully saturated rings. The van der Waals surface area contributed by atoms with Crippen molar-refractivity contribution in [1.29, 1.82) is 0 Å². The maximum atomic E-state index is 13.5. The first kappa shape index (κ1) is 21.8. The Morgan fingerprint density at radius 2 is 1.78 bits per heavy atom. The molecular weight excluding hydrogens is 413 g/mol. The van der Waals surface area contributed by atoms with E-state index in [-0.39, 0.29) is 11.7 Å². The molecule has 0 unspecified atom stereocenters. The van der Waals surface area contributed by atoms with Crippen LogP contribution in [0.15, 0.2) is 48.5 Å². The molecule has 3 aromatic rings. The Bertz CT molecular complexity index is 1080. The second kappa shape index (κ2) is 9.82. The smallest absolute Gasteiger partial charge is 0.226 e. The van der Waals surface area contributed by atoms with E-state index in [0.29, 0.717) is 62.2 Å². The molecule has 0 radical (unpaired) electrons. The van der Waals surface area contributed by atoms with Crippen LogP contribution in [0.2, 0.25) is 0 Å². The fraction of sp³-hybridized carbons (Fsp3) is 0.333. The van der Waals surface area contributed by atoms with Crippen molar-refractivity contribution in [3.8, 4) is 23.1 Å². The van der Waals surface area contributed by atoms with E-state index in [1.807, 2.05) is 30.0 Å². The van der Waals surface area contributed by atoms with Gasteiger partial charge in [0, 0.05) is 25.1 Å². The van der Waals surface area contributed by atoms with E-state index >= 15 is 0 Å². The zero-order valence-electron chi connectivity index (χ0n) is 18.2. The summed E-state index contributed by atoms with van der Waals surface area (Å²) in [6, 6.07) is 13.4. The number of carbonyl (C=O) groups excluding carboxylic acids is 1. The van der Waals surface area contributed by atoms with E-state index in [9.17, 15) is 9.18 Å². The maximum Gasteiger partial charge on any atom is 0.226 e. The van der Waals surface area contributed by atoms with Crippen LogP contribution >= 0.6 is 0 Å². The number of carbonyl (C=O) groups is 1. The summed E-state index contributed by atoms with van der Waals surface area (Å²) in [4.78, 5) is 14.5. The van der Waals surface area contributed by atoms with Crippen LogP contribution in [-0.4, -0.2) is 54.0 Å². The van der Waals surface area contributed by atoms with E-state index in [1.54, 1.807) is 30.0 Å². The van der Waals surface area contributed by atoms with E-state index in [1.165, 1.54) is 12.1 Å². The lowest BCUT2D eigenvalue weighted by Gasteiger charge is -2.26. The molecule has 0 saturated carbocycles. The van der Waals surface area contributed by atoms with Crippen LogP contribution < -0.4 is 9.47 Å². The quantitative estimate of drug-likeness (QED) is 0.559. The van der Waals surface area contributed by atoms with Crippen molar-refractivity contribution in [3.05, 3.63) is 65.6 Å². The molecule has 1 aromatic heterocycles. The van der Waals surface area contributed by atoms with Crippen molar-refractivity contribution >= 4 is 5.91 Å². The lowest BCUT2D eigenvalue weighted by Crippen LogP contribution is -2.40. The standard InChI is InChI=1S/C24H26FN3O4/c1-17-20(11-12-23(29)27-13-15-31-16-14-27)24(32-22-6-4-3-5-21(22)30-2)28(26-17)19-9-7-18(25)8-10-19/h3-10H,11-16H2,1-2H3. The molecule has 168 valence electrons. The predicted molar refractivity (Wildman–Crippen MR) is 117 cm³/mol. The van der Waals surface area contributed by atoms with Crippen LogP contribution in [0.1, 0.15) is 17.7 Å². The van der Waals surface area contributed by atoms with Crippen molar-refractivity contribution in [3.63, 3.8) is 0 Å². The fourth-order valence-corrected chi connectivity index (χ4v) is 3.70. The van der Waals surface area contributed by atoms with Crippen LogP contribution in [-0.2, 0) is 16.0 Å². The summed E-state index contributed by atoms with van der Waals surface area (Å²) in [6.07, 6.45) is 0.798. The van der Waals surface area contributed by atoms with Gasteiger partial charge >= 0.3 is 0 Å². The molecule has 0 spiro atoms. The number of rotatable bonds is 7. The molecule has 0 atom stereocenters. The molecule has 32 heavy (non-hydrogen) atoms. The highest BCUT2D eigenvalue weighted by atomic mass is 19.1. The number of hydrogen-bond donors (Lipinski definition) is 0. The second-order valence-electron chi connectivity index (χ2n) is 7.50. The van der Waals surface area contributed by atoms with E-state index in [4.69, 9.17) is 14.2 Å². The van der Waals surface area contributed by atoms with Gasteiger partial charge in [-0.2, -0.15) is 5.10 Å². The number of aromatic nitrogens is 2. The zero-order chi connectivity index (χ0) is 22.5. The average Bonchev–Trinajstić information content (AvgIpc) is 3.13. The number of aryl methyl sites for hydroxylation is 1. The molecule has 1 aliphatic rings. The molecule has 7 nitrogen and oxygen atoms in total. The molecule has 1 aliphatic heterocycles. The van der Waals surface area contributed by atoms with Gasteiger partial charge in [-0.25, -0.2) is 9.07 Å². The number of ether oxygens (including phenoxy) is 3. The van der Waals surface area contributed by atoms with Crippen LogP contribution in [0.25, 0.3) is 5.69 Å². The summed E-state index contributed by atoms with van der Waals surface area (Å²) in [7, 11) is 1.58. The summed E-state index contributed by atoms with van der Waals surface area (Å²) in [6.45, 7) is 4.23. The van der Waals surface area contributed by atoms with Gasteiger partial charge in [0.1, 0.15) is 5.82 Å². The highest BCUT2D eigenvalue weighted by Gasteiger charge is 2.23. The SMILES string of the molecule is COc1ccccc1Oc1c(CCC(=O)N2CCOCC2)c(C)nn1-c1ccc(F)cc1. The Morgan fingerprint density at radius 1 is 1.09 bits per heavy atom. The van der Waals surface area contributed by atoms with Gasteiger partial charge < -0.3 is 19.1 Å². The van der Waals surface area contributed by atoms with Crippen molar-refractivity contribution in [2.75, 3.05) is 33.4 Å². The summed E-state index contributed by atoms with van der Waals surface area (Å²) in [5, 5.41) is 4.64. The molecule has 0 bridgehead atoms. The van der Waals surface area contributed by atoms with Gasteiger partial charge in [-0.1, -0.05) is 12.1 Å². The number of hydrogen-bond acceptors (Lipinski definition) is 5. The monoisotopic (exact) mass is 439 g/mol. The highest BCUT2D eigenvalue weighted by Crippen LogP contribution is 2.36. The fourth-order valence-electron chi connectivity index (χ4n) is 3.70. The summed E-state index contributed by atoms with van der Waals surface area (Å²) < 4.78 is 32.2. The third-order valence-electron chi connectivity index (χ3n) is 5.44. The molecular formula is C24H26FN3O4. The van der Waals surface area contributed by atoms with E-state index in [0.717, 1.165) is 11.3 Å². The largest absolute Gasteiger partial charge is 0.493 e. The molecule has 0 aliphatic carbocycles. The average molecular weight is 439 g/mol. The normalized spacial score (nSPS) is 13.8. The van der Waals surface area contributed by atoms with Crippen molar-refractivity contribution in [2.45, 2.75) is 19.8 Å². The lowest BCUT2D eigenvalue weighted by molar-refractivity contribution is -0.135. The first-order chi connectivity index (χ1) is 15.6. The Balaban J connectivity index is 1.66. The van der Waals surface area contributed by atoms with Gasteiger partial charge in [-0.3, -0.25) is 4.79 Å². The number of nitrogens with zero attached hydrogens (tertiary/aromatic N) is 3. The Kier molecular flexibility index (Phi) is 6.70. The maximum absolute atomic E-state index is 13.5. The Morgan fingerprint density at radius 3 is 2.47 bits per heavy atom. The topological polar surface area (TPSA) is 65.8 Å². The first-order valence-corrected chi connectivity index (χ1v) is 10.6. The minimum atomic E-state index is -0.332.